The summed E-state index contributed by atoms with van der Waals surface area (Å²) < 4.78 is 5.13. The SMILES string of the molecule is COc1ccc(NC(=O)CN2CC=C(c3c[nH]c4ccccc34)CC2)cc1. The monoisotopic (exact) mass is 361 g/mol. The molecule has 2 heterocycles. The maximum absolute atomic E-state index is 12.3. The van der Waals surface area contributed by atoms with Crippen LogP contribution in [0.5, 0.6) is 5.75 Å². The van der Waals surface area contributed by atoms with Gasteiger partial charge in [-0.2, -0.15) is 0 Å². The van der Waals surface area contributed by atoms with Gasteiger partial charge in [0.2, 0.25) is 5.91 Å². The number of hydrogen-bond donors (Lipinski definition) is 2. The molecule has 0 spiro atoms. The molecule has 3 aromatic rings. The van der Waals surface area contributed by atoms with Crippen molar-refractivity contribution in [1.82, 2.24) is 9.88 Å². The lowest BCUT2D eigenvalue weighted by atomic mass is 9.99. The third-order valence-electron chi connectivity index (χ3n) is 4.97. The molecular weight excluding hydrogens is 338 g/mol. The molecule has 0 radical (unpaired) electrons. The summed E-state index contributed by atoms with van der Waals surface area (Å²) in [5, 5.41) is 4.20. The van der Waals surface area contributed by atoms with Gasteiger partial charge in [0.05, 0.1) is 13.7 Å². The molecule has 2 N–H and O–H groups in total. The summed E-state index contributed by atoms with van der Waals surface area (Å²) in [6, 6.07) is 15.7. The number of nitrogens with one attached hydrogen (secondary N) is 2. The summed E-state index contributed by atoms with van der Waals surface area (Å²) in [6.07, 6.45) is 5.26. The van der Waals surface area contributed by atoms with Gasteiger partial charge in [-0.1, -0.05) is 24.3 Å². The zero-order chi connectivity index (χ0) is 18.6. The van der Waals surface area contributed by atoms with E-state index in [4.69, 9.17) is 4.74 Å². The van der Waals surface area contributed by atoms with Crippen LogP contribution in [-0.4, -0.2) is 42.5 Å². The number of benzene rings is 2. The molecule has 0 saturated heterocycles. The number of carbonyl (C=O) groups is 1. The van der Waals surface area contributed by atoms with Crippen molar-refractivity contribution in [3.63, 3.8) is 0 Å². The van der Waals surface area contributed by atoms with Crippen LogP contribution in [0, 0.1) is 0 Å². The van der Waals surface area contributed by atoms with Crippen LogP contribution < -0.4 is 10.1 Å². The number of anilines is 1. The normalized spacial score (nSPS) is 14.8. The van der Waals surface area contributed by atoms with E-state index < -0.39 is 0 Å². The Morgan fingerprint density at radius 1 is 1.19 bits per heavy atom. The molecule has 2 aromatic carbocycles. The Balaban J connectivity index is 1.36. The molecule has 1 amide bonds. The lowest BCUT2D eigenvalue weighted by Gasteiger charge is -2.25. The van der Waals surface area contributed by atoms with E-state index in [0.29, 0.717) is 6.54 Å². The minimum atomic E-state index is 0.00381. The number of methoxy groups -OCH3 is 1. The van der Waals surface area contributed by atoms with Crippen LogP contribution in [0.1, 0.15) is 12.0 Å². The highest BCUT2D eigenvalue weighted by atomic mass is 16.5. The second kappa shape index (κ2) is 7.68. The molecule has 1 aromatic heterocycles. The average molecular weight is 361 g/mol. The van der Waals surface area contributed by atoms with Crippen molar-refractivity contribution in [2.45, 2.75) is 6.42 Å². The first-order chi connectivity index (χ1) is 13.2. The number of aromatic amines is 1. The fourth-order valence-electron chi connectivity index (χ4n) is 3.51. The first kappa shape index (κ1) is 17.4. The summed E-state index contributed by atoms with van der Waals surface area (Å²) in [5.74, 6) is 0.781. The van der Waals surface area contributed by atoms with E-state index in [2.05, 4.69) is 45.7 Å². The standard InChI is InChI=1S/C22H23N3O2/c1-27-18-8-6-17(7-9-18)24-22(26)15-25-12-10-16(11-13-25)20-14-23-21-5-3-2-4-19(20)21/h2-10,14,23H,11-13,15H2,1H3,(H,24,26). The first-order valence-electron chi connectivity index (χ1n) is 9.15. The first-order valence-corrected chi connectivity index (χ1v) is 9.15. The Morgan fingerprint density at radius 3 is 2.74 bits per heavy atom. The molecule has 0 unspecified atom stereocenters. The Morgan fingerprint density at radius 2 is 2.00 bits per heavy atom. The molecule has 1 aliphatic rings. The lowest BCUT2D eigenvalue weighted by Crippen LogP contribution is -2.36. The van der Waals surface area contributed by atoms with Crippen LogP contribution in [0.25, 0.3) is 16.5 Å². The Hall–Kier alpha value is -3.05. The fourth-order valence-corrected chi connectivity index (χ4v) is 3.51. The van der Waals surface area contributed by atoms with Crippen LogP contribution >= 0.6 is 0 Å². The Labute approximate surface area is 158 Å². The third-order valence-corrected chi connectivity index (χ3v) is 4.97. The van der Waals surface area contributed by atoms with E-state index in [1.54, 1.807) is 7.11 Å². The quantitative estimate of drug-likeness (QED) is 0.724. The molecule has 138 valence electrons. The smallest absolute Gasteiger partial charge is 0.238 e. The number of ether oxygens (including phenoxy) is 1. The molecule has 5 nitrogen and oxygen atoms in total. The summed E-state index contributed by atoms with van der Waals surface area (Å²) in [5.41, 5.74) is 4.56. The summed E-state index contributed by atoms with van der Waals surface area (Å²) in [6.45, 7) is 2.05. The van der Waals surface area contributed by atoms with Gasteiger partial charge in [0.1, 0.15) is 5.75 Å². The number of nitrogens with zero attached hydrogens (tertiary/aromatic N) is 1. The second-order valence-electron chi connectivity index (χ2n) is 6.74. The topological polar surface area (TPSA) is 57.4 Å². The predicted molar refractivity (Wildman–Crippen MR) is 109 cm³/mol. The van der Waals surface area contributed by atoms with Gasteiger partial charge in [-0.15, -0.1) is 0 Å². The second-order valence-corrected chi connectivity index (χ2v) is 6.74. The zero-order valence-electron chi connectivity index (χ0n) is 15.4. The van der Waals surface area contributed by atoms with E-state index in [1.807, 2.05) is 30.3 Å². The fraction of sp³-hybridized carbons (Fsp3) is 0.227. The average Bonchev–Trinajstić information content (AvgIpc) is 3.13. The number of para-hydroxylation sites is 1. The predicted octanol–water partition coefficient (Wildman–Crippen LogP) is 3.90. The van der Waals surface area contributed by atoms with Crippen molar-refractivity contribution in [1.29, 1.82) is 0 Å². The van der Waals surface area contributed by atoms with E-state index in [-0.39, 0.29) is 5.91 Å². The summed E-state index contributed by atoms with van der Waals surface area (Å²) in [7, 11) is 1.63. The van der Waals surface area contributed by atoms with E-state index >= 15 is 0 Å². The van der Waals surface area contributed by atoms with Crippen molar-refractivity contribution < 1.29 is 9.53 Å². The number of amides is 1. The van der Waals surface area contributed by atoms with Crippen molar-refractivity contribution >= 4 is 28.1 Å². The molecule has 0 saturated carbocycles. The van der Waals surface area contributed by atoms with Gasteiger partial charge in [-0.25, -0.2) is 0 Å². The lowest BCUT2D eigenvalue weighted by molar-refractivity contribution is -0.117. The maximum atomic E-state index is 12.3. The van der Waals surface area contributed by atoms with Crippen LogP contribution in [0.2, 0.25) is 0 Å². The molecule has 1 aliphatic heterocycles. The van der Waals surface area contributed by atoms with Gasteiger partial charge in [-0.3, -0.25) is 9.69 Å². The summed E-state index contributed by atoms with van der Waals surface area (Å²) >= 11 is 0. The maximum Gasteiger partial charge on any atom is 0.238 e. The van der Waals surface area contributed by atoms with Crippen molar-refractivity contribution in [2.24, 2.45) is 0 Å². The number of aromatic nitrogens is 1. The number of rotatable bonds is 5. The Bertz CT molecular complexity index is 973. The minimum Gasteiger partial charge on any atom is -0.497 e. The number of carbonyl (C=O) groups excluding carboxylic acids is 1. The van der Waals surface area contributed by atoms with Crippen molar-refractivity contribution in [3.8, 4) is 5.75 Å². The van der Waals surface area contributed by atoms with E-state index in [0.717, 1.165) is 36.5 Å². The number of H-pyrrole nitrogens is 1. The largest absolute Gasteiger partial charge is 0.497 e. The highest BCUT2D eigenvalue weighted by Crippen LogP contribution is 2.29. The molecular formula is C22H23N3O2. The van der Waals surface area contributed by atoms with Crippen LogP contribution in [-0.2, 0) is 4.79 Å². The van der Waals surface area contributed by atoms with Gasteiger partial charge in [-0.05, 0) is 42.3 Å². The van der Waals surface area contributed by atoms with E-state index in [9.17, 15) is 4.79 Å². The molecule has 0 fully saturated rings. The van der Waals surface area contributed by atoms with Crippen LogP contribution in [0.3, 0.4) is 0 Å². The molecule has 0 aliphatic carbocycles. The molecule has 0 bridgehead atoms. The van der Waals surface area contributed by atoms with Gasteiger partial charge in [0.15, 0.2) is 0 Å². The van der Waals surface area contributed by atoms with Crippen molar-refractivity contribution in [2.75, 3.05) is 32.1 Å². The van der Waals surface area contributed by atoms with Crippen LogP contribution in [0.4, 0.5) is 5.69 Å². The number of hydrogen-bond acceptors (Lipinski definition) is 3. The molecule has 4 rings (SSSR count). The van der Waals surface area contributed by atoms with Gasteiger partial charge in [0.25, 0.3) is 0 Å². The van der Waals surface area contributed by atoms with Crippen LogP contribution in [0.15, 0.2) is 60.8 Å². The molecule has 0 atom stereocenters. The van der Waals surface area contributed by atoms with E-state index in [1.165, 1.54) is 16.5 Å². The van der Waals surface area contributed by atoms with Gasteiger partial charge in [0, 0.05) is 41.4 Å². The van der Waals surface area contributed by atoms with Crippen molar-refractivity contribution in [3.05, 3.63) is 66.4 Å². The molecule has 5 heteroatoms. The highest BCUT2D eigenvalue weighted by Gasteiger charge is 2.17. The minimum absolute atomic E-state index is 0.00381. The summed E-state index contributed by atoms with van der Waals surface area (Å²) in [4.78, 5) is 17.8. The number of fused-ring (bicyclic) bond motifs is 1. The third kappa shape index (κ3) is 3.88. The van der Waals surface area contributed by atoms with Gasteiger partial charge >= 0.3 is 0 Å². The zero-order valence-corrected chi connectivity index (χ0v) is 15.4. The highest BCUT2D eigenvalue weighted by molar-refractivity contribution is 5.93. The van der Waals surface area contributed by atoms with Gasteiger partial charge < -0.3 is 15.0 Å². The molecule has 27 heavy (non-hydrogen) atoms. The Kier molecular flexibility index (Phi) is 4.94.